The number of rotatable bonds is 8. The van der Waals surface area contributed by atoms with Crippen LogP contribution in [0.15, 0.2) is 235 Å². The summed E-state index contributed by atoms with van der Waals surface area (Å²) in [5.41, 5.74) is 13.7. The Morgan fingerprint density at radius 1 is 0.311 bits per heavy atom. The summed E-state index contributed by atoms with van der Waals surface area (Å²) < 4.78 is 22.1. The van der Waals surface area contributed by atoms with Crippen LogP contribution in [0.4, 0.5) is 21.5 Å². The van der Waals surface area contributed by atoms with Crippen LogP contribution in [0.1, 0.15) is 0 Å². The lowest BCUT2D eigenvalue weighted by Gasteiger charge is -2.26. The molecule has 0 bridgehead atoms. The molecule has 0 saturated heterocycles. The highest BCUT2D eigenvalue weighted by Gasteiger charge is 2.23. The van der Waals surface area contributed by atoms with Crippen LogP contribution in [0.5, 0.6) is 0 Å². The molecule has 0 N–H and O–H groups in total. The first-order valence-electron chi connectivity index (χ1n) is 20.6. The SMILES string of the molecule is Fc1ccc2c3ccc(-c4ccc(N(c5ccc(-c6ccccc6)cc5)c5ccc(-c6ccccc6)cc5)cc4)cc3c3oc(-c4ccccc4)c(-c4ccccc4)c3c2c1. The molecule has 3 heteroatoms. The number of hydrogen-bond acceptors (Lipinski definition) is 2. The molecule has 11 aromatic rings. The molecule has 0 atom stereocenters. The predicted molar refractivity (Wildman–Crippen MR) is 253 cm³/mol. The summed E-state index contributed by atoms with van der Waals surface area (Å²) in [6.45, 7) is 0. The monoisotopic (exact) mass is 783 g/mol. The highest BCUT2D eigenvalue weighted by atomic mass is 19.1. The zero-order chi connectivity index (χ0) is 40.7. The molecule has 61 heavy (non-hydrogen) atoms. The number of anilines is 3. The van der Waals surface area contributed by atoms with Crippen LogP contribution in [-0.4, -0.2) is 0 Å². The Hall–Kier alpha value is -8.01. The standard InChI is InChI=1S/C58H38FNO/c59-47-28-36-51-52-35-27-46(37-54(52)58-56(53(51)38-47)55(44-17-9-3-10-18-44)57(61-58)45-19-11-4-12-20-45)43-25-33-50(34-26-43)60(48-29-21-41(22-30-48)39-13-5-1-6-14-39)49-31-23-42(24-32-49)40-15-7-2-8-16-40/h1-38H. The highest BCUT2D eigenvalue weighted by Crippen LogP contribution is 2.48. The zero-order valence-electron chi connectivity index (χ0n) is 33.2. The molecule has 0 aliphatic heterocycles. The van der Waals surface area contributed by atoms with Gasteiger partial charge < -0.3 is 9.32 Å². The zero-order valence-corrected chi connectivity index (χ0v) is 33.2. The van der Waals surface area contributed by atoms with Crippen LogP contribution in [-0.2, 0) is 0 Å². The van der Waals surface area contributed by atoms with E-state index in [9.17, 15) is 0 Å². The van der Waals surface area contributed by atoms with E-state index in [1.807, 2.05) is 54.6 Å². The molecule has 2 nitrogen and oxygen atoms in total. The van der Waals surface area contributed by atoms with Crippen molar-refractivity contribution in [2.24, 2.45) is 0 Å². The summed E-state index contributed by atoms with van der Waals surface area (Å²) in [5.74, 6) is 0.489. The molecule has 0 unspecified atom stereocenters. The lowest BCUT2D eigenvalue weighted by atomic mass is 9.91. The minimum atomic E-state index is -0.278. The van der Waals surface area contributed by atoms with Crippen molar-refractivity contribution in [3.8, 4) is 55.8 Å². The predicted octanol–water partition coefficient (Wildman–Crippen LogP) is 16.7. The van der Waals surface area contributed by atoms with E-state index in [-0.39, 0.29) is 5.82 Å². The van der Waals surface area contributed by atoms with Gasteiger partial charge in [0.1, 0.15) is 17.2 Å². The second kappa shape index (κ2) is 15.3. The fourth-order valence-corrected chi connectivity index (χ4v) is 8.77. The van der Waals surface area contributed by atoms with Gasteiger partial charge in [0.05, 0.1) is 0 Å². The minimum Gasteiger partial charge on any atom is -0.455 e. The molecule has 0 saturated carbocycles. The molecule has 0 amide bonds. The van der Waals surface area contributed by atoms with Gasteiger partial charge in [0.15, 0.2) is 0 Å². The third-order valence-electron chi connectivity index (χ3n) is 11.7. The van der Waals surface area contributed by atoms with E-state index < -0.39 is 0 Å². The first kappa shape index (κ1) is 36.1. The largest absolute Gasteiger partial charge is 0.455 e. The number of hydrogen-bond donors (Lipinski definition) is 0. The molecule has 10 aromatic carbocycles. The lowest BCUT2D eigenvalue weighted by molar-refractivity contribution is 0.630. The van der Waals surface area contributed by atoms with Crippen LogP contribution in [0.25, 0.3) is 88.3 Å². The van der Waals surface area contributed by atoms with Gasteiger partial charge in [-0.25, -0.2) is 4.39 Å². The maximum absolute atomic E-state index is 15.2. The van der Waals surface area contributed by atoms with Gasteiger partial charge in [-0.3, -0.25) is 0 Å². The van der Waals surface area contributed by atoms with Crippen molar-refractivity contribution in [2.75, 3.05) is 4.90 Å². The second-order valence-corrected chi connectivity index (χ2v) is 15.4. The maximum Gasteiger partial charge on any atom is 0.143 e. The molecular weight excluding hydrogens is 746 g/mol. The Kier molecular flexibility index (Phi) is 9.05. The first-order valence-corrected chi connectivity index (χ1v) is 20.6. The van der Waals surface area contributed by atoms with Crippen molar-refractivity contribution >= 4 is 49.6 Å². The number of furan rings is 1. The van der Waals surface area contributed by atoms with Crippen LogP contribution in [0.3, 0.4) is 0 Å². The summed E-state index contributed by atoms with van der Waals surface area (Å²) >= 11 is 0. The van der Waals surface area contributed by atoms with Gasteiger partial charge in [-0.1, -0.05) is 176 Å². The van der Waals surface area contributed by atoms with Gasteiger partial charge in [-0.15, -0.1) is 0 Å². The van der Waals surface area contributed by atoms with Crippen molar-refractivity contribution in [1.29, 1.82) is 0 Å². The molecular formula is C58H38FNO. The van der Waals surface area contributed by atoms with Crippen molar-refractivity contribution in [3.63, 3.8) is 0 Å². The Morgan fingerprint density at radius 2 is 0.705 bits per heavy atom. The van der Waals surface area contributed by atoms with E-state index in [2.05, 4.69) is 169 Å². The third kappa shape index (κ3) is 6.63. The van der Waals surface area contributed by atoms with Gasteiger partial charge in [-0.2, -0.15) is 0 Å². The van der Waals surface area contributed by atoms with Crippen molar-refractivity contribution in [1.82, 2.24) is 0 Å². The van der Waals surface area contributed by atoms with E-state index in [1.165, 1.54) is 22.3 Å². The topological polar surface area (TPSA) is 16.4 Å². The highest BCUT2D eigenvalue weighted by molar-refractivity contribution is 6.28. The second-order valence-electron chi connectivity index (χ2n) is 15.4. The van der Waals surface area contributed by atoms with Crippen molar-refractivity contribution < 1.29 is 8.81 Å². The number of nitrogens with zero attached hydrogens (tertiary/aromatic N) is 1. The quantitative estimate of drug-likeness (QED) is 0.143. The molecule has 288 valence electrons. The summed E-state index contributed by atoms with van der Waals surface area (Å²) in [4.78, 5) is 2.31. The number of halogens is 1. The van der Waals surface area contributed by atoms with Gasteiger partial charge in [-0.05, 0) is 110 Å². The van der Waals surface area contributed by atoms with Gasteiger partial charge in [0.2, 0.25) is 0 Å². The van der Waals surface area contributed by atoms with E-state index in [1.54, 1.807) is 12.1 Å². The van der Waals surface area contributed by atoms with E-state index >= 15 is 4.39 Å². The normalized spacial score (nSPS) is 11.4. The number of fused-ring (bicyclic) bond motifs is 6. The van der Waals surface area contributed by atoms with E-state index in [4.69, 9.17) is 4.42 Å². The average molecular weight is 784 g/mol. The lowest BCUT2D eigenvalue weighted by Crippen LogP contribution is -2.09. The number of benzene rings is 10. The summed E-state index contributed by atoms with van der Waals surface area (Å²) in [6, 6.07) is 79.4. The molecule has 1 heterocycles. The summed E-state index contributed by atoms with van der Waals surface area (Å²) in [7, 11) is 0. The van der Waals surface area contributed by atoms with Gasteiger partial charge in [0.25, 0.3) is 0 Å². The Balaban J connectivity index is 1.04. The molecule has 0 aliphatic carbocycles. The van der Waals surface area contributed by atoms with Crippen molar-refractivity contribution in [3.05, 3.63) is 236 Å². The van der Waals surface area contributed by atoms with Gasteiger partial charge in [0, 0.05) is 39.0 Å². The van der Waals surface area contributed by atoms with Crippen LogP contribution >= 0.6 is 0 Å². The van der Waals surface area contributed by atoms with E-state index in [0.29, 0.717) is 0 Å². The minimum absolute atomic E-state index is 0.278. The Bertz CT molecular complexity index is 3220. The molecule has 0 aliphatic rings. The van der Waals surface area contributed by atoms with Crippen molar-refractivity contribution in [2.45, 2.75) is 0 Å². The molecule has 11 rings (SSSR count). The fourth-order valence-electron chi connectivity index (χ4n) is 8.77. The van der Waals surface area contributed by atoms with Gasteiger partial charge >= 0.3 is 0 Å². The molecule has 0 radical (unpaired) electrons. The average Bonchev–Trinajstić information content (AvgIpc) is 3.75. The van der Waals surface area contributed by atoms with Crippen LogP contribution < -0.4 is 4.90 Å². The smallest absolute Gasteiger partial charge is 0.143 e. The molecule has 0 fully saturated rings. The maximum atomic E-state index is 15.2. The fraction of sp³-hybridized carbons (Fsp3) is 0. The Labute approximate surface area is 354 Å². The summed E-state index contributed by atoms with van der Waals surface area (Å²) in [5, 5.41) is 4.72. The van der Waals surface area contributed by atoms with E-state index in [0.717, 1.165) is 83.2 Å². The molecule has 0 spiro atoms. The summed E-state index contributed by atoms with van der Waals surface area (Å²) in [6.07, 6.45) is 0. The van der Waals surface area contributed by atoms with Crippen LogP contribution in [0.2, 0.25) is 0 Å². The Morgan fingerprint density at radius 3 is 1.21 bits per heavy atom. The van der Waals surface area contributed by atoms with Crippen LogP contribution in [0, 0.1) is 5.82 Å². The third-order valence-corrected chi connectivity index (χ3v) is 11.7. The first-order chi connectivity index (χ1) is 30.2. The molecule has 1 aromatic heterocycles.